The summed E-state index contributed by atoms with van der Waals surface area (Å²) in [7, 11) is 4.92. The van der Waals surface area contributed by atoms with E-state index in [-0.39, 0.29) is 30.6 Å². The maximum Gasteiger partial charge on any atom is 0.230 e. The fourth-order valence-electron chi connectivity index (χ4n) is 5.08. The maximum absolute atomic E-state index is 12.9. The van der Waals surface area contributed by atoms with E-state index in [9.17, 15) is 9.59 Å². The van der Waals surface area contributed by atoms with E-state index in [0.29, 0.717) is 16.2 Å². The molecule has 2 unspecified atom stereocenters. The number of nitrogens with one attached hydrogen (secondary N) is 2. The smallest absolute Gasteiger partial charge is 0.230 e. The molecule has 2 N–H and O–H groups in total. The summed E-state index contributed by atoms with van der Waals surface area (Å²) in [4.78, 5) is 31.1. The van der Waals surface area contributed by atoms with E-state index in [1.165, 1.54) is 21.8 Å². The van der Waals surface area contributed by atoms with Crippen LogP contribution in [0.15, 0.2) is 64.0 Å². The van der Waals surface area contributed by atoms with Gasteiger partial charge in [0.05, 0.1) is 27.1 Å². The maximum atomic E-state index is 12.9. The van der Waals surface area contributed by atoms with Crippen LogP contribution in [0.1, 0.15) is 61.6 Å². The molecule has 2 amide bonds. The van der Waals surface area contributed by atoms with Crippen LogP contribution in [0, 0.1) is 5.92 Å². The average Bonchev–Trinajstić information content (AvgIpc) is 3.69. The van der Waals surface area contributed by atoms with Crippen molar-refractivity contribution in [1.29, 1.82) is 0 Å². The van der Waals surface area contributed by atoms with Crippen LogP contribution < -0.4 is 20.1 Å². The molecule has 2 aromatic carbocycles. The van der Waals surface area contributed by atoms with E-state index in [2.05, 4.69) is 39.7 Å². The zero-order valence-electron chi connectivity index (χ0n) is 25.3. The summed E-state index contributed by atoms with van der Waals surface area (Å²) in [6.07, 6.45) is 4.32. The molecule has 1 fully saturated rings. The van der Waals surface area contributed by atoms with E-state index >= 15 is 0 Å². The summed E-state index contributed by atoms with van der Waals surface area (Å²) in [6.45, 7) is 4.31. The van der Waals surface area contributed by atoms with Crippen LogP contribution >= 0.6 is 23.1 Å². The van der Waals surface area contributed by atoms with Crippen LogP contribution in [0.25, 0.3) is 0 Å². The quantitative estimate of drug-likeness (QED) is 0.189. The lowest BCUT2D eigenvalue weighted by molar-refractivity contribution is -0.119. The number of carbonyl (C=O) groups excluding carboxylic acids is 2. The molecule has 43 heavy (non-hydrogen) atoms. The van der Waals surface area contributed by atoms with Gasteiger partial charge in [0.25, 0.3) is 0 Å². The number of amidine groups is 1. The van der Waals surface area contributed by atoms with Crippen molar-refractivity contribution in [3.8, 4) is 11.5 Å². The number of hydrogen-bond donors (Lipinski definition) is 2. The Bertz CT molecular complexity index is 1490. The van der Waals surface area contributed by atoms with Gasteiger partial charge in [-0.05, 0) is 78.8 Å². The SMILES string of the molecule is CCC(C)=C(SC(=NC)NC(=O)Cc1cccc(OC)c1)C1CCC(c2nnc(NC(=O)Cc3cccc(OC)c3)s2)C1. The number of hydrogen-bond acceptors (Lipinski definition) is 9. The Labute approximate surface area is 261 Å². The van der Waals surface area contributed by atoms with E-state index in [4.69, 9.17) is 9.47 Å². The zero-order valence-corrected chi connectivity index (χ0v) is 26.9. The van der Waals surface area contributed by atoms with E-state index < -0.39 is 0 Å². The Morgan fingerprint density at radius 2 is 1.65 bits per heavy atom. The first kappa shape index (κ1) is 32.2. The molecule has 1 saturated carbocycles. The fourth-order valence-corrected chi connectivity index (χ4v) is 7.15. The summed E-state index contributed by atoms with van der Waals surface area (Å²) in [5.74, 6) is 1.78. The van der Waals surface area contributed by atoms with Crippen LogP contribution in [0.3, 0.4) is 0 Å². The van der Waals surface area contributed by atoms with Gasteiger partial charge in [-0.1, -0.05) is 59.9 Å². The molecule has 11 heteroatoms. The van der Waals surface area contributed by atoms with Gasteiger partial charge in [0.1, 0.15) is 16.5 Å². The van der Waals surface area contributed by atoms with Gasteiger partial charge in [-0.2, -0.15) is 0 Å². The molecule has 1 heterocycles. The summed E-state index contributed by atoms with van der Waals surface area (Å²) in [6, 6.07) is 15.0. The lowest BCUT2D eigenvalue weighted by atomic mass is 10.0. The van der Waals surface area contributed by atoms with Crippen molar-refractivity contribution in [2.45, 2.75) is 58.3 Å². The van der Waals surface area contributed by atoms with Crippen molar-refractivity contribution in [2.24, 2.45) is 10.9 Å². The van der Waals surface area contributed by atoms with E-state index in [1.54, 1.807) is 33.0 Å². The molecule has 0 aliphatic heterocycles. The number of thioether (sulfide) groups is 1. The molecule has 9 nitrogen and oxygen atoms in total. The predicted octanol–water partition coefficient (Wildman–Crippen LogP) is 6.38. The second kappa shape index (κ2) is 15.7. The molecule has 2 atom stereocenters. The van der Waals surface area contributed by atoms with Crippen molar-refractivity contribution < 1.29 is 19.1 Å². The number of benzene rings is 2. The van der Waals surface area contributed by atoms with Crippen LogP contribution in [-0.4, -0.2) is 48.4 Å². The fraction of sp³-hybridized carbons (Fsp3) is 0.406. The number of nitrogens with zero attached hydrogens (tertiary/aromatic N) is 3. The molecule has 0 saturated heterocycles. The third-order valence-corrected chi connectivity index (χ3v) is 9.83. The first-order chi connectivity index (χ1) is 20.8. The van der Waals surface area contributed by atoms with Crippen molar-refractivity contribution in [3.63, 3.8) is 0 Å². The van der Waals surface area contributed by atoms with Gasteiger partial charge in [0.15, 0.2) is 5.17 Å². The van der Waals surface area contributed by atoms with Gasteiger partial charge in [-0.25, -0.2) is 0 Å². The van der Waals surface area contributed by atoms with E-state index in [1.807, 2.05) is 48.5 Å². The standard InChI is InChI=1S/C32H39N5O4S2/c1-6-20(2)29(42-31(33-3)34-27(38)17-21-9-7-11-25(15-21)40-4)23-13-14-24(19-23)30-36-37-32(43-30)35-28(39)18-22-10-8-12-26(16-22)41-5/h7-12,15-16,23-24H,6,13-14,17-19H2,1-5H3,(H,33,34,38)(H,35,37,39). The number of carbonyl (C=O) groups is 2. The second-order valence-electron chi connectivity index (χ2n) is 10.4. The predicted molar refractivity (Wildman–Crippen MR) is 174 cm³/mol. The highest BCUT2D eigenvalue weighted by molar-refractivity contribution is 8.17. The first-order valence-corrected chi connectivity index (χ1v) is 16.0. The molecule has 1 aromatic heterocycles. The van der Waals surface area contributed by atoms with Gasteiger partial charge in [0, 0.05) is 13.0 Å². The summed E-state index contributed by atoms with van der Waals surface area (Å²) < 4.78 is 10.5. The van der Waals surface area contributed by atoms with Crippen LogP contribution in [0.2, 0.25) is 0 Å². The van der Waals surface area contributed by atoms with Crippen molar-refractivity contribution in [3.05, 3.63) is 75.1 Å². The van der Waals surface area contributed by atoms with E-state index in [0.717, 1.165) is 53.3 Å². The Kier molecular flexibility index (Phi) is 11.7. The van der Waals surface area contributed by atoms with Crippen LogP contribution in [0.5, 0.6) is 11.5 Å². The van der Waals surface area contributed by atoms with Gasteiger partial charge in [-0.3, -0.25) is 14.6 Å². The normalized spacial score (nSPS) is 17.3. The number of ether oxygens (including phenoxy) is 2. The van der Waals surface area contributed by atoms with Crippen LogP contribution in [0.4, 0.5) is 5.13 Å². The number of rotatable bonds is 11. The Hall–Kier alpha value is -3.70. The highest BCUT2D eigenvalue weighted by Gasteiger charge is 2.32. The highest BCUT2D eigenvalue weighted by atomic mass is 32.2. The molecule has 228 valence electrons. The molecular formula is C32H39N5O4S2. The molecule has 3 aromatic rings. The lowest BCUT2D eigenvalue weighted by Gasteiger charge is -2.19. The third kappa shape index (κ3) is 9.14. The Morgan fingerprint density at radius 3 is 2.26 bits per heavy atom. The largest absolute Gasteiger partial charge is 0.497 e. The Morgan fingerprint density at radius 1 is 1.00 bits per heavy atom. The molecule has 0 radical (unpaired) electrons. The molecular weight excluding hydrogens is 583 g/mol. The summed E-state index contributed by atoms with van der Waals surface area (Å²) in [5, 5.41) is 16.6. The molecule has 0 spiro atoms. The molecule has 4 rings (SSSR count). The van der Waals surface area contributed by atoms with Gasteiger partial charge >= 0.3 is 0 Å². The number of anilines is 1. The van der Waals surface area contributed by atoms with Crippen molar-refractivity contribution >= 4 is 45.2 Å². The number of aromatic nitrogens is 2. The Balaban J connectivity index is 1.35. The first-order valence-electron chi connectivity index (χ1n) is 14.3. The van der Waals surface area contributed by atoms with Crippen molar-refractivity contribution in [1.82, 2.24) is 15.5 Å². The zero-order chi connectivity index (χ0) is 30.8. The second-order valence-corrected chi connectivity index (χ2v) is 12.5. The minimum atomic E-state index is -0.139. The minimum absolute atomic E-state index is 0.117. The number of amides is 2. The summed E-state index contributed by atoms with van der Waals surface area (Å²) in [5.41, 5.74) is 3.04. The van der Waals surface area contributed by atoms with Gasteiger partial charge in [-0.15, -0.1) is 10.2 Å². The number of aliphatic imine (C=N–C) groups is 1. The molecule has 1 aliphatic carbocycles. The monoisotopic (exact) mass is 621 g/mol. The minimum Gasteiger partial charge on any atom is -0.497 e. The van der Waals surface area contributed by atoms with Crippen LogP contribution in [-0.2, 0) is 22.4 Å². The molecule has 0 bridgehead atoms. The van der Waals surface area contributed by atoms with Gasteiger partial charge < -0.3 is 20.1 Å². The summed E-state index contributed by atoms with van der Waals surface area (Å²) >= 11 is 3.00. The highest BCUT2D eigenvalue weighted by Crippen LogP contribution is 2.47. The van der Waals surface area contributed by atoms with Gasteiger partial charge in [0.2, 0.25) is 16.9 Å². The topological polar surface area (TPSA) is 115 Å². The number of methoxy groups -OCH3 is 2. The third-order valence-electron chi connectivity index (χ3n) is 7.44. The van der Waals surface area contributed by atoms with Crippen molar-refractivity contribution in [2.75, 3.05) is 26.6 Å². The average molecular weight is 622 g/mol. The molecule has 1 aliphatic rings. The lowest BCUT2D eigenvalue weighted by Crippen LogP contribution is -2.30. The number of allylic oxidation sites excluding steroid dienone is 2.